The third-order valence-electron chi connectivity index (χ3n) is 4.42. The summed E-state index contributed by atoms with van der Waals surface area (Å²) in [6.45, 7) is 2.66. The van der Waals surface area contributed by atoms with Gasteiger partial charge in [-0.05, 0) is 37.6 Å². The number of furan rings is 1. The summed E-state index contributed by atoms with van der Waals surface area (Å²) in [7, 11) is 0. The molecule has 1 aliphatic heterocycles. The Morgan fingerprint density at radius 1 is 1.32 bits per heavy atom. The molecule has 2 aromatic heterocycles. The number of rotatable bonds is 3. The summed E-state index contributed by atoms with van der Waals surface area (Å²) in [5.74, 6) is 0.931. The van der Waals surface area contributed by atoms with E-state index < -0.39 is 0 Å². The van der Waals surface area contributed by atoms with Crippen molar-refractivity contribution in [3.05, 3.63) is 65.7 Å². The zero-order valence-electron chi connectivity index (χ0n) is 13.8. The lowest BCUT2D eigenvalue weighted by atomic mass is 10.1. The van der Waals surface area contributed by atoms with Gasteiger partial charge in [0.2, 0.25) is 0 Å². The van der Waals surface area contributed by atoms with Crippen molar-refractivity contribution in [2.75, 3.05) is 0 Å². The van der Waals surface area contributed by atoms with Crippen LogP contribution in [0.1, 0.15) is 28.5 Å². The van der Waals surface area contributed by atoms with Crippen LogP contribution < -0.4 is 5.32 Å². The van der Waals surface area contributed by atoms with Crippen molar-refractivity contribution in [1.29, 1.82) is 0 Å². The first kappa shape index (κ1) is 15.6. The maximum atomic E-state index is 13.8. The Balaban J connectivity index is 1.47. The molecule has 0 saturated carbocycles. The van der Waals surface area contributed by atoms with E-state index in [1.807, 2.05) is 13.1 Å². The van der Waals surface area contributed by atoms with Gasteiger partial charge in [0.25, 0.3) is 5.91 Å². The Hall–Kier alpha value is -2.89. The largest absolute Gasteiger partial charge is 0.451 e. The topological polar surface area (TPSA) is 60.1 Å². The summed E-state index contributed by atoms with van der Waals surface area (Å²) in [5, 5.41) is 2.99. The lowest BCUT2D eigenvalue weighted by Crippen LogP contribution is -2.40. The molecule has 0 fully saturated rings. The SMILES string of the molecule is Cc1cn2c(n1)CC[C@H](NC(=O)c1ccc(-c3ccccc3F)o1)C2. The van der Waals surface area contributed by atoms with E-state index in [-0.39, 0.29) is 23.5 Å². The van der Waals surface area contributed by atoms with Gasteiger partial charge in [0.05, 0.1) is 11.3 Å². The average molecular weight is 339 g/mol. The smallest absolute Gasteiger partial charge is 0.287 e. The molecule has 0 saturated heterocycles. The fourth-order valence-corrected chi connectivity index (χ4v) is 3.23. The quantitative estimate of drug-likeness (QED) is 0.796. The predicted molar refractivity (Wildman–Crippen MR) is 90.6 cm³/mol. The second kappa shape index (κ2) is 6.20. The van der Waals surface area contributed by atoms with E-state index in [4.69, 9.17) is 4.42 Å². The molecule has 1 atom stereocenters. The number of imidazole rings is 1. The molecule has 1 N–H and O–H groups in total. The Labute approximate surface area is 144 Å². The summed E-state index contributed by atoms with van der Waals surface area (Å²) in [5.41, 5.74) is 1.33. The van der Waals surface area contributed by atoms with Crippen LogP contribution >= 0.6 is 0 Å². The van der Waals surface area contributed by atoms with Crippen molar-refractivity contribution in [3.8, 4) is 11.3 Å². The summed E-state index contributed by atoms with van der Waals surface area (Å²) in [6.07, 6.45) is 3.66. The molecule has 0 radical (unpaired) electrons. The fourth-order valence-electron chi connectivity index (χ4n) is 3.23. The molecule has 6 heteroatoms. The van der Waals surface area contributed by atoms with Gasteiger partial charge in [-0.2, -0.15) is 0 Å². The molecular weight excluding hydrogens is 321 g/mol. The maximum absolute atomic E-state index is 13.8. The van der Waals surface area contributed by atoms with E-state index in [2.05, 4.69) is 14.9 Å². The molecule has 0 bridgehead atoms. The highest BCUT2D eigenvalue weighted by Crippen LogP contribution is 2.25. The number of amides is 1. The minimum atomic E-state index is -0.376. The van der Waals surface area contributed by atoms with E-state index in [0.717, 1.165) is 24.4 Å². The Kier molecular flexibility index (Phi) is 3.87. The predicted octanol–water partition coefficient (Wildman–Crippen LogP) is 3.34. The molecule has 4 rings (SSSR count). The van der Waals surface area contributed by atoms with Gasteiger partial charge in [-0.1, -0.05) is 12.1 Å². The molecule has 3 aromatic rings. The highest BCUT2D eigenvalue weighted by molar-refractivity contribution is 5.92. The molecule has 3 heterocycles. The third kappa shape index (κ3) is 3.07. The number of hydrogen-bond donors (Lipinski definition) is 1. The Morgan fingerprint density at radius 2 is 2.16 bits per heavy atom. The summed E-state index contributed by atoms with van der Waals surface area (Å²) < 4.78 is 21.5. The van der Waals surface area contributed by atoms with Gasteiger partial charge in [-0.15, -0.1) is 0 Å². The molecule has 0 unspecified atom stereocenters. The molecule has 0 spiro atoms. The minimum absolute atomic E-state index is 0.0237. The molecule has 1 aliphatic rings. The van der Waals surface area contributed by atoms with E-state index in [9.17, 15) is 9.18 Å². The van der Waals surface area contributed by atoms with Crippen molar-refractivity contribution in [2.24, 2.45) is 0 Å². The molecular formula is C19H18FN3O2. The molecule has 1 amide bonds. The Morgan fingerprint density at radius 3 is 3.00 bits per heavy atom. The highest BCUT2D eigenvalue weighted by atomic mass is 19.1. The van der Waals surface area contributed by atoms with Crippen molar-refractivity contribution in [1.82, 2.24) is 14.9 Å². The van der Waals surface area contributed by atoms with Gasteiger partial charge >= 0.3 is 0 Å². The second-order valence-corrected chi connectivity index (χ2v) is 6.30. The number of benzene rings is 1. The number of nitrogens with one attached hydrogen (secondary N) is 1. The van der Waals surface area contributed by atoms with Crippen LogP contribution in [0.3, 0.4) is 0 Å². The van der Waals surface area contributed by atoms with Crippen LogP contribution in [0.25, 0.3) is 11.3 Å². The fraction of sp³-hybridized carbons (Fsp3) is 0.263. The van der Waals surface area contributed by atoms with Gasteiger partial charge in [0.1, 0.15) is 17.4 Å². The number of carbonyl (C=O) groups excluding carboxylic acids is 1. The number of fused-ring (bicyclic) bond motifs is 1. The number of carbonyl (C=O) groups is 1. The lowest BCUT2D eigenvalue weighted by molar-refractivity contribution is 0.0900. The van der Waals surface area contributed by atoms with Crippen molar-refractivity contribution >= 4 is 5.91 Å². The number of hydrogen-bond acceptors (Lipinski definition) is 3. The van der Waals surface area contributed by atoms with E-state index >= 15 is 0 Å². The standard InChI is InChI=1S/C19H18FN3O2/c1-12-10-23-11-13(6-9-18(23)21-12)22-19(24)17-8-7-16(25-17)14-4-2-3-5-15(14)20/h2-5,7-8,10,13H,6,9,11H2,1H3,(H,22,24)/t13-/m0/s1. The summed E-state index contributed by atoms with van der Waals surface area (Å²) >= 11 is 0. The van der Waals surface area contributed by atoms with Gasteiger partial charge in [-0.3, -0.25) is 4.79 Å². The minimum Gasteiger partial charge on any atom is -0.451 e. The van der Waals surface area contributed by atoms with Crippen molar-refractivity contribution in [2.45, 2.75) is 32.4 Å². The molecule has 0 aliphatic carbocycles. The van der Waals surface area contributed by atoms with Crippen LogP contribution in [-0.2, 0) is 13.0 Å². The third-order valence-corrected chi connectivity index (χ3v) is 4.42. The normalized spacial score (nSPS) is 16.5. The zero-order chi connectivity index (χ0) is 17.4. The first-order valence-electron chi connectivity index (χ1n) is 8.28. The maximum Gasteiger partial charge on any atom is 0.287 e. The van der Waals surface area contributed by atoms with Crippen LogP contribution in [0.5, 0.6) is 0 Å². The van der Waals surface area contributed by atoms with Gasteiger partial charge in [-0.25, -0.2) is 9.37 Å². The number of nitrogens with zero attached hydrogens (tertiary/aromatic N) is 2. The van der Waals surface area contributed by atoms with Crippen LogP contribution in [0.4, 0.5) is 4.39 Å². The first-order valence-corrected chi connectivity index (χ1v) is 8.28. The van der Waals surface area contributed by atoms with E-state index in [0.29, 0.717) is 17.9 Å². The zero-order valence-corrected chi connectivity index (χ0v) is 13.8. The molecule has 5 nitrogen and oxygen atoms in total. The van der Waals surface area contributed by atoms with Crippen LogP contribution in [0.2, 0.25) is 0 Å². The number of aromatic nitrogens is 2. The second-order valence-electron chi connectivity index (χ2n) is 6.30. The number of halogens is 1. The first-order chi connectivity index (χ1) is 12.1. The summed E-state index contributed by atoms with van der Waals surface area (Å²) in [4.78, 5) is 16.9. The van der Waals surface area contributed by atoms with Crippen molar-refractivity contribution < 1.29 is 13.6 Å². The van der Waals surface area contributed by atoms with Crippen LogP contribution in [0, 0.1) is 12.7 Å². The molecule has 1 aromatic carbocycles. The van der Waals surface area contributed by atoms with E-state index in [1.54, 1.807) is 30.3 Å². The average Bonchev–Trinajstić information content (AvgIpc) is 3.20. The molecule has 25 heavy (non-hydrogen) atoms. The Bertz CT molecular complexity index is 928. The van der Waals surface area contributed by atoms with Gasteiger partial charge in [0, 0.05) is 25.2 Å². The summed E-state index contributed by atoms with van der Waals surface area (Å²) in [6, 6.07) is 9.55. The van der Waals surface area contributed by atoms with Crippen LogP contribution in [0.15, 0.2) is 47.0 Å². The monoisotopic (exact) mass is 339 g/mol. The molecule has 128 valence electrons. The lowest BCUT2D eigenvalue weighted by Gasteiger charge is -2.24. The number of aryl methyl sites for hydroxylation is 2. The van der Waals surface area contributed by atoms with Crippen LogP contribution in [-0.4, -0.2) is 21.5 Å². The van der Waals surface area contributed by atoms with E-state index in [1.165, 1.54) is 6.07 Å². The van der Waals surface area contributed by atoms with Gasteiger partial charge < -0.3 is 14.3 Å². The highest BCUT2D eigenvalue weighted by Gasteiger charge is 2.23. The van der Waals surface area contributed by atoms with Gasteiger partial charge in [0.15, 0.2) is 5.76 Å². The van der Waals surface area contributed by atoms with Crippen molar-refractivity contribution in [3.63, 3.8) is 0 Å².